The van der Waals surface area contributed by atoms with Crippen molar-refractivity contribution in [2.45, 2.75) is 13.5 Å². The zero-order valence-electron chi connectivity index (χ0n) is 14.8. The van der Waals surface area contributed by atoms with Crippen molar-refractivity contribution in [3.63, 3.8) is 0 Å². The Labute approximate surface area is 166 Å². The van der Waals surface area contributed by atoms with Gasteiger partial charge in [-0.25, -0.2) is 4.99 Å². The molecule has 0 saturated carbocycles. The second-order valence-corrected chi connectivity index (χ2v) is 6.84. The third kappa shape index (κ3) is 5.49. The number of hydrogen-bond donors (Lipinski definition) is 2. The molecule has 2 N–H and O–H groups in total. The number of aryl methyl sites for hydroxylation is 1. The molecule has 1 aromatic heterocycles. The fraction of sp³-hybridized carbons (Fsp3) is 0.0952. The normalized spacial score (nSPS) is 11.1. The number of rotatable bonds is 4. The maximum absolute atomic E-state index is 12.7. The zero-order chi connectivity index (χ0) is 19.1. The van der Waals surface area contributed by atoms with Gasteiger partial charge in [-0.2, -0.15) is 0 Å². The summed E-state index contributed by atoms with van der Waals surface area (Å²) < 4.78 is 0.979. The lowest BCUT2D eigenvalue weighted by Crippen LogP contribution is -2.36. The SMILES string of the molecule is Cc1ccccc1C(=O)NC(=NCc1ccncc1)Nc1ccc(Br)cc1. The van der Waals surface area contributed by atoms with Crippen LogP contribution >= 0.6 is 15.9 Å². The number of aromatic nitrogens is 1. The Hall–Kier alpha value is -2.99. The van der Waals surface area contributed by atoms with Crippen LogP contribution in [0.4, 0.5) is 5.69 Å². The van der Waals surface area contributed by atoms with Crippen LogP contribution in [-0.4, -0.2) is 16.9 Å². The van der Waals surface area contributed by atoms with E-state index in [-0.39, 0.29) is 5.91 Å². The summed E-state index contributed by atoms with van der Waals surface area (Å²) in [7, 11) is 0. The molecule has 0 radical (unpaired) electrons. The standard InChI is InChI=1S/C21H19BrN4O/c1-15-4-2-3-5-19(15)20(27)26-21(24-14-16-10-12-23-13-11-16)25-18-8-6-17(22)7-9-18/h2-13H,14H2,1H3,(H2,24,25,26,27). The molecule has 27 heavy (non-hydrogen) atoms. The molecule has 0 unspecified atom stereocenters. The third-order valence-electron chi connectivity index (χ3n) is 3.90. The van der Waals surface area contributed by atoms with Crippen LogP contribution in [0.1, 0.15) is 21.5 Å². The Bertz CT molecular complexity index is 940. The molecule has 3 rings (SSSR count). The van der Waals surface area contributed by atoms with Crippen LogP contribution in [0.25, 0.3) is 0 Å². The van der Waals surface area contributed by atoms with E-state index in [0.29, 0.717) is 18.1 Å². The molecule has 0 aliphatic rings. The lowest BCUT2D eigenvalue weighted by Gasteiger charge is -2.13. The Morgan fingerprint density at radius 2 is 1.74 bits per heavy atom. The number of halogens is 1. The zero-order valence-corrected chi connectivity index (χ0v) is 16.4. The van der Waals surface area contributed by atoms with Gasteiger partial charge in [0.2, 0.25) is 5.96 Å². The molecule has 0 aliphatic carbocycles. The molecule has 0 aliphatic heterocycles. The Morgan fingerprint density at radius 3 is 2.44 bits per heavy atom. The van der Waals surface area contributed by atoms with Gasteiger partial charge in [-0.3, -0.25) is 15.1 Å². The average molecular weight is 423 g/mol. The molecule has 1 amide bonds. The number of nitrogens with one attached hydrogen (secondary N) is 2. The molecular formula is C21H19BrN4O. The van der Waals surface area contributed by atoms with Gasteiger partial charge in [-0.05, 0) is 60.5 Å². The van der Waals surface area contributed by atoms with Crippen LogP contribution in [0.3, 0.4) is 0 Å². The smallest absolute Gasteiger partial charge is 0.258 e. The Balaban J connectivity index is 1.81. The molecule has 1 heterocycles. The van der Waals surface area contributed by atoms with Crippen molar-refractivity contribution >= 4 is 33.5 Å². The summed E-state index contributed by atoms with van der Waals surface area (Å²) in [5.41, 5.74) is 3.36. The molecule has 136 valence electrons. The number of nitrogens with zero attached hydrogens (tertiary/aromatic N) is 2. The van der Waals surface area contributed by atoms with Crippen LogP contribution in [0.15, 0.2) is 82.5 Å². The van der Waals surface area contributed by atoms with Crippen LogP contribution < -0.4 is 10.6 Å². The van der Waals surface area contributed by atoms with Crippen molar-refractivity contribution in [1.82, 2.24) is 10.3 Å². The molecule has 0 fully saturated rings. The highest BCUT2D eigenvalue weighted by molar-refractivity contribution is 9.10. The highest BCUT2D eigenvalue weighted by Crippen LogP contribution is 2.14. The topological polar surface area (TPSA) is 66.4 Å². The van der Waals surface area contributed by atoms with E-state index in [1.54, 1.807) is 18.5 Å². The minimum atomic E-state index is -0.203. The van der Waals surface area contributed by atoms with Gasteiger partial charge >= 0.3 is 0 Å². The number of benzene rings is 2. The predicted octanol–water partition coefficient (Wildman–Crippen LogP) is 4.55. The molecule has 0 saturated heterocycles. The molecule has 0 atom stereocenters. The van der Waals surface area contributed by atoms with Gasteiger partial charge in [0, 0.05) is 28.1 Å². The monoisotopic (exact) mass is 422 g/mol. The van der Waals surface area contributed by atoms with Crippen molar-refractivity contribution in [3.8, 4) is 0 Å². The second kappa shape index (κ2) is 9.09. The van der Waals surface area contributed by atoms with E-state index in [2.05, 4.69) is 36.5 Å². The van der Waals surface area contributed by atoms with Crippen LogP contribution in [-0.2, 0) is 6.54 Å². The van der Waals surface area contributed by atoms with Crippen LogP contribution in [0, 0.1) is 6.92 Å². The Morgan fingerprint density at radius 1 is 1.04 bits per heavy atom. The third-order valence-corrected chi connectivity index (χ3v) is 4.43. The fourth-order valence-electron chi connectivity index (χ4n) is 2.44. The molecule has 2 aromatic carbocycles. The van der Waals surface area contributed by atoms with E-state index in [4.69, 9.17) is 0 Å². The van der Waals surface area contributed by atoms with Gasteiger partial charge in [0.1, 0.15) is 0 Å². The quantitative estimate of drug-likeness (QED) is 0.478. The summed E-state index contributed by atoms with van der Waals surface area (Å²) in [6.45, 7) is 2.33. The summed E-state index contributed by atoms with van der Waals surface area (Å²) >= 11 is 3.42. The van der Waals surface area contributed by atoms with E-state index in [0.717, 1.165) is 21.3 Å². The first kappa shape index (κ1) is 18.8. The Kier molecular flexibility index (Phi) is 6.33. The maximum atomic E-state index is 12.7. The van der Waals surface area contributed by atoms with Gasteiger partial charge in [0.05, 0.1) is 6.54 Å². The van der Waals surface area contributed by atoms with E-state index in [9.17, 15) is 4.79 Å². The van der Waals surface area contributed by atoms with E-state index in [1.165, 1.54) is 0 Å². The van der Waals surface area contributed by atoms with Gasteiger partial charge in [0.25, 0.3) is 5.91 Å². The summed E-state index contributed by atoms with van der Waals surface area (Å²) in [5.74, 6) is 0.188. The molecule has 6 heteroatoms. The van der Waals surface area contributed by atoms with Crippen molar-refractivity contribution in [2.24, 2.45) is 4.99 Å². The minimum absolute atomic E-state index is 0.203. The molecule has 0 spiro atoms. The van der Waals surface area contributed by atoms with Gasteiger partial charge in [0.15, 0.2) is 0 Å². The second-order valence-electron chi connectivity index (χ2n) is 5.92. The number of aliphatic imine (C=N–C) groups is 1. The largest absolute Gasteiger partial charge is 0.326 e. The number of guanidine groups is 1. The van der Waals surface area contributed by atoms with Gasteiger partial charge < -0.3 is 5.32 Å². The molecular weight excluding hydrogens is 404 g/mol. The predicted molar refractivity (Wildman–Crippen MR) is 112 cm³/mol. The molecule has 0 bridgehead atoms. The van der Waals surface area contributed by atoms with Crippen molar-refractivity contribution in [2.75, 3.05) is 5.32 Å². The van der Waals surface area contributed by atoms with Crippen LogP contribution in [0.5, 0.6) is 0 Å². The van der Waals surface area contributed by atoms with Crippen LogP contribution in [0.2, 0.25) is 0 Å². The lowest BCUT2D eigenvalue weighted by atomic mass is 10.1. The van der Waals surface area contributed by atoms with Crippen molar-refractivity contribution in [1.29, 1.82) is 0 Å². The summed E-state index contributed by atoms with van der Waals surface area (Å²) in [6, 6.07) is 18.9. The van der Waals surface area contributed by atoms with Crippen molar-refractivity contribution in [3.05, 3.63) is 94.2 Å². The fourth-order valence-corrected chi connectivity index (χ4v) is 2.71. The van der Waals surface area contributed by atoms with E-state index in [1.807, 2.05) is 61.5 Å². The summed E-state index contributed by atoms with van der Waals surface area (Å²) in [4.78, 5) is 21.2. The number of amides is 1. The highest BCUT2D eigenvalue weighted by Gasteiger charge is 2.11. The van der Waals surface area contributed by atoms with Crippen molar-refractivity contribution < 1.29 is 4.79 Å². The van der Waals surface area contributed by atoms with Gasteiger partial charge in [-0.1, -0.05) is 34.1 Å². The summed E-state index contributed by atoms with van der Waals surface area (Å²) in [5, 5.41) is 6.06. The number of carbonyl (C=O) groups excluding carboxylic acids is 1. The summed E-state index contributed by atoms with van der Waals surface area (Å²) in [6.07, 6.45) is 3.44. The number of carbonyl (C=O) groups is 1. The lowest BCUT2D eigenvalue weighted by molar-refractivity contribution is 0.0976. The van der Waals surface area contributed by atoms with E-state index < -0.39 is 0 Å². The number of pyridine rings is 1. The van der Waals surface area contributed by atoms with E-state index >= 15 is 0 Å². The average Bonchev–Trinajstić information content (AvgIpc) is 2.69. The first-order valence-corrected chi connectivity index (χ1v) is 9.24. The number of anilines is 1. The number of hydrogen-bond acceptors (Lipinski definition) is 3. The molecule has 5 nitrogen and oxygen atoms in total. The first-order valence-electron chi connectivity index (χ1n) is 8.45. The van der Waals surface area contributed by atoms with Gasteiger partial charge in [-0.15, -0.1) is 0 Å². The highest BCUT2D eigenvalue weighted by atomic mass is 79.9. The minimum Gasteiger partial charge on any atom is -0.326 e. The molecule has 3 aromatic rings. The first-order chi connectivity index (χ1) is 13.1. The maximum Gasteiger partial charge on any atom is 0.258 e.